The van der Waals surface area contributed by atoms with Gasteiger partial charge in [-0.3, -0.25) is 0 Å². The predicted molar refractivity (Wildman–Crippen MR) is 182 cm³/mol. The van der Waals surface area contributed by atoms with E-state index in [1.54, 1.807) is 12.1 Å². The molecule has 0 fully saturated rings. The zero-order valence-electron chi connectivity index (χ0n) is 24.1. The summed E-state index contributed by atoms with van der Waals surface area (Å²) in [6, 6.07) is 57.8. The fraction of sp³-hybridized carbons (Fsp3) is 0. The Bertz CT molecular complexity index is 1930. The lowest BCUT2D eigenvalue weighted by molar-refractivity contribution is 0.404. The Balaban J connectivity index is 1.82. The number of rotatable bonds is 6. The van der Waals surface area contributed by atoms with Gasteiger partial charge in [-0.2, -0.15) is 0 Å². The fourth-order valence-corrected chi connectivity index (χ4v) is 6.19. The summed E-state index contributed by atoms with van der Waals surface area (Å²) in [5.41, 5.74) is 12.6. The number of phenolic OH excluding ortho intramolecular Hbond substituents is 2. The number of hydrogen-bond donors (Lipinski definition) is 2. The van der Waals surface area contributed by atoms with Crippen molar-refractivity contribution >= 4 is 0 Å². The summed E-state index contributed by atoms with van der Waals surface area (Å²) in [7, 11) is 0. The number of benzene rings is 7. The number of hydrogen-bond acceptors (Lipinski definition) is 2. The third kappa shape index (κ3) is 4.93. The van der Waals surface area contributed by atoms with Gasteiger partial charge < -0.3 is 10.2 Å². The molecule has 0 bridgehead atoms. The molecule has 0 aliphatic carbocycles. The second-order valence-corrected chi connectivity index (χ2v) is 10.8. The van der Waals surface area contributed by atoms with Crippen molar-refractivity contribution in [1.82, 2.24) is 0 Å². The number of phenols is 2. The first kappa shape index (κ1) is 27.0. The van der Waals surface area contributed by atoms with Gasteiger partial charge in [-0.1, -0.05) is 158 Å². The van der Waals surface area contributed by atoms with Crippen LogP contribution in [0.5, 0.6) is 11.5 Å². The molecule has 0 spiro atoms. The summed E-state index contributed by atoms with van der Waals surface area (Å²) < 4.78 is 0. The molecule has 7 aromatic carbocycles. The summed E-state index contributed by atoms with van der Waals surface area (Å²) in [6.45, 7) is 0. The molecule has 0 unspecified atom stereocenters. The summed E-state index contributed by atoms with van der Waals surface area (Å²) >= 11 is 0. The van der Waals surface area contributed by atoms with Crippen LogP contribution in [0.15, 0.2) is 170 Å². The van der Waals surface area contributed by atoms with E-state index in [0.717, 1.165) is 66.8 Å². The van der Waals surface area contributed by atoms with Gasteiger partial charge in [0.15, 0.2) is 11.5 Å². The van der Waals surface area contributed by atoms with Gasteiger partial charge in [0.2, 0.25) is 0 Å². The molecule has 0 heterocycles. The second kappa shape index (κ2) is 11.8. The van der Waals surface area contributed by atoms with Gasteiger partial charge in [0, 0.05) is 0 Å². The molecule has 7 aromatic rings. The zero-order chi connectivity index (χ0) is 29.9. The predicted octanol–water partition coefficient (Wildman–Crippen LogP) is 11.1. The van der Waals surface area contributed by atoms with Crippen molar-refractivity contribution in [1.29, 1.82) is 0 Å². The summed E-state index contributed by atoms with van der Waals surface area (Å²) in [5, 5.41) is 21.2. The lowest BCUT2D eigenvalue weighted by atomic mass is 9.74. The zero-order valence-corrected chi connectivity index (χ0v) is 24.1. The first-order chi connectivity index (χ1) is 21.7. The molecular weight excluding hydrogens is 536 g/mol. The average Bonchev–Trinajstić information content (AvgIpc) is 3.10. The quantitative estimate of drug-likeness (QED) is 0.197. The van der Waals surface area contributed by atoms with Gasteiger partial charge in [-0.05, 0) is 78.9 Å². The molecule has 0 amide bonds. The molecule has 0 saturated heterocycles. The van der Waals surface area contributed by atoms with Crippen molar-refractivity contribution in [2.75, 3.05) is 0 Å². The van der Waals surface area contributed by atoms with Crippen LogP contribution in [0.25, 0.3) is 66.8 Å². The van der Waals surface area contributed by atoms with Crippen LogP contribution in [-0.4, -0.2) is 10.2 Å². The largest absolute Gasteiger partial charge is 0.504 e. The third-order valence-electron chi connectivity index (χ3n) is 8.08. The van der Waals surface area contributed by atoms with Crippen molar-refractivity contribution in [3.05, 3.63) is 170 Å². The monoisotopic (exact) mass is 566 g/mol. The van der Waals surface area contributed by atoms with Gasteiger partial charge >= 0.3 is 0 Å². The van der Waals surface area contributed by atoms with Crippen molar-refractivity contribution in [2.24, 2.45) is 0 Å². The molecule has 7 rings (SSSR count). The van der Waals surface area contributed by atoms with E-state index in [0.29, 0.717) is 0 Å². The van der Waals surface area contributed by atoms with E-state index in [2.05, 4.69) is 127 Å². The van der Waals surface area contributed by atoms with E-state index in [4.69, 9.17) is 0 Å². The summed E-state index contributed by atoms with van der Waals surface area (Å²) in [4.78, 5) is 0. The summed E-state index contributed by atoms with van der Waals surface area (Å²) in [5.74, 6) is -0.307. The van der Waals surface area contributed by atoms with Crippen LogP contribution in [0.1, 0.15) is 0 Å². The van der Waals surface area contributed by atoms with Crippen LogP contribution < -0.4 is 0 Å². The maximum absolute atomic E-state index is 10.8. The molecule has 44 heavy (non-hydrogen) atoms. The van der Waals surface area contributed by atoms with Crippen LogP contribution in [0.3, 0.4) is 0 Å². The normalized spacial score (nSPS) is 10.9. The first-order valence-electron chi connectivity index (χ1n) is 14.7. The number of aromatic hydroxyl groups is 2. The maximum atomic E-state index is 10.8. The second-order valence-electron chi connectivity index (χ2n) is 10.8. The molecule has 0 aromatic heterocycles. The highest BCUT2D eigenvalue weighted by Gasteiger charge is 2.29. The van der Waals surface area contributed by atoms with Gasteiger partial charge in [-0.25, -0.2) is 0 Å². The van der Waals surface area contributed by atoms with Crippen LogP contribution in [0, 0.1) is 0 Å². The molecule has 0 aliphatic rings. The molecule has 0 aliphatic heterocycles. The smallest absolute Gasteiger partial charge is 0.158 e. The van der Waals surface area contributed by atoms with Crippen molar-refractivity contribution in [2.45, 2.75) is 0 Å². The molecule has 0 saturated carbocycles. The highest BCUT2D eigenvalue weighted by atomic mass is 16.3. The Kier molecular flexibility index (Phi) is 7.24. The maximum Gasteiger partial charge on any atom is 0.158 e. The minimum absolute atomic E-state index is 0.149. The molecule has 0 atom stereocenters. The van der Waals surface area contributed by atoms with E-state index in [1.165, 1.54) is 0 Å². The molecular formula is C42H30O2. The van der Waals surface area contributed by atoms with Crippen molar-refractivity contribution in [3.63, 3.8) is 0 Å². The van der Waals surface area contributed by atoms with Gasteiger partial charge in [0.05, 0.1) is 0 Å². The van der Waals surface area contributed by atoms with Gasteiger partial charge in [0.25, 0.3) is 0 Å². The van der Waals surface area contributed by atoms with Crippen molar-refractivity contribution < 1.29 is 10.2 Å². The molecule has 0 radical (unpaired) electrons. The van der Waals surface area contributed by atoms with E-state index >= 15 is 0 Å². The van der Waals surface area contributed by atoms with Gasteiger partial charge in [-0.15, -0.1) is 0 Å². The van der Waals surface area contributed by atoms with E-state index < -0.39 is 0 Å². The standard InChI is InChI=1S/C42H30O2/c43-35-27-26-34(28-36(35)44)42-40(32-22-12-4-13-23-32)38(30-18-8-2-9-19-30)37(29-16-6-1-7-17-29)39(31-20-10-3-11-21-31)41(42)33-24-14-5-15-25-33/h1-28,43-44H. The fourth-order valence-electron chi connectivity index (χ4n) is 6.19. The van der Waals surface area contributed by atoms with Crippen LogP contribution in [-0.2, 0) is 0 Å². The van der Waals surface area contributed by atoms with Crippen LogP contribution in [0.4, 0.5) is 0 Å². The molecule has 2 nitrogen and oxygen atoms in total. The topological polar surface area (TPSA) is 40.5 Å². The van der Waals surface area contributed by atoms with E-state index in [9.17, 15) is 10.2 Å². The summed E-state index contributed by atoms with van der Waals surface area (Å²) in [6.07, 6.45) is 0. The van der Waals surface area contributed by atoms with Gasteiger partial charge in [0.1, 0.15) is 0 Å². The van der Waals surface area contributed by atoms with Crippen LogP contribution >= 0.6 is 0 Å². The Hall–Kier alpha value is -5.86. The van der Waals surface area contributed by atoms with E-state index in [1.807, 2.05) is 30.3 Å². The highest BCUT2D eigenvalue weighted by Crippen LogP contribution is 2.56. The Morgan fingerprint density at radius 2 is 0.477 bits per heavy atom. The first-order valence-corrected chi connectivity index (χ1v) is 14.7. The Morgan fingerprint density at radius 1 is 0.227 bits per heavy atom. The molecule has 2 N–H and O–H groups in total. The highest BCUT2D eigenvalue weighted by molar-refractivity contribution is 6.15. The minimum Gasteiger partial charge on any atom is -0.504 e. The van der Waals surface area contributed by atoms with Crippen LogP contribution in [0.2, 0.25) is 0 Å². The minimum atomic E-state index is -0.157. The SMILES string of the molecule is Oc1ccc(-c2c(-c3ccccc3)c(-c3ccccc3)c(-c3ccccc3)c(-c3ccccc3)c2-c2ccccc2)cc1O. The lowest BCUT2D eigenvalue weighted by Gasteiger charge is -2.28. The lowest BCUT2D eigenvalue weighted by Crippen LogP contribution is -2.02. The Labute approximate surface area is 257 Å². The molecule has 210 valence electrons. The van der Waals surface area contributed by atoms with Crippen molar-refractivity contribution in [3.8, 4) is 78.3 Å². The van der Waals surface area contributed by atoms with E-state index in [-0.39, 0.29) is 11.5 Å². The molecule has 2 heteroatoms. The third-order valence-corrected chi connectivity index (χ3v) is 8.08. The average molecular weight is 567 g/mol. The Morgan fingerprint density at radius 3 is 0.727 bits per heavy atom.